The van der Waals surface area contributed by atoms with Crippen molar-refractivity contribution in [2.24, 2.45) is 0 Å². The van der Waals surface area contributed by atoms with Gasteiger partial charge >= 0.3 is 0 Å². The molecular formula is C11H6Cl3N3O2S2. The second-order valence-electron chi connectivity index (χ2n) is 3.63. The predicted octanol–water partition coefficient (Wildman–Crippen LogP) is 5.01. The third-order valence-electron chi connectivity index (χ3n) is 2.23. The van der Waals surface area contributed by atoms with Crippen LogP contribution in [0.4, 0.5) is 5.69 Å². The van der Waals surface area contributed by atoms with Crippen molar-refractivity contribution in [2.45, 2.75) is 13.8 Å². The molecule has 2 rings (SSSR count). The highest BCUT2D eigenvalue weighted by Gasteiger charge is 2.29. The Morgan fingerprint density at radius 2 is 1.81 bits per heavy atom. The molecule has 0 aliphatic heterocycles. The Morgan fingerprint density at radius 3 is 2.38 bits per heavy atom. The van der Waals surface area contributed by atoms with Crippen molar-refractivity contribution in [1.29, 1.82) is 0 Å². The standard InChI is InChI=1S/C11H6Cl3N3O2S2/c12-11(13,14)8-6-7(17(18)19)2-3-9(8)20-21-10-15-4-1-5-16-10/h1-6H. The normalized spacial score (nSPS) is 11.4. The minimum absolute atomic E-state index is 0.137. The van der Waals surface area contributed by atoms with Crippen molar-refractivity contribution in [3.8, 4) is 0 Å². The lowest BCUT2D eigenvalue weighted by molar-refractivity contribution is -0.385. The van der Waals surface area contributed by atoms with Crippen LogP contribution < -0.4 is 0 Å². The lowest BCUT2D eigenvalue weighted by atomic mass is 10.2. The van der Waals surface area contributed by atoms with Gasteiger partial charge < -0.3 is 0 Å². The number of halogens is 3. The van der Waals surface area contributed by atoms with Gasteiger partial charge in [-0.15, -0.1) is 0 Å². The topological polar surface area (TPSA) is 68.9 Å². The van der Waals surface area contributed by atoms with Gasteiger partial charge in [0.15, 0.2) is 5.16 Å². The third kappa shape index (κ3) is 4.62. The molecule has 110 valence electrons. The molecule has 0 fully saturated rings. The van der Waals surface area contributed by atoms with E-state index < -0.39 is 8.72 Å². The molecular weight excluding hydrogens is 377 g/mol. The number of benzene rings is 1. The van der Waals surface area contributed by atoms with E-state index in [1.807, 2.05) is 0 Å². The molecule has 0 unspecified atom stereocenters. The minimum atomic E-state index is -1.76. The van der Waals surface area contributed by atoms with E-state index in [2.05, 4.69) is 9.97 Å². The summed E-state index contributed by atoms with van der Waals surface area (Å²) in [6.45, 7) is 0. The zero-order valence-corrected chi connectivity index (χ0v) is 14.0. The Labute approximate surface area is 143 Å². The number of alkyl halides is 3. The number of hydrogen-bond donors (Lipinski definition) is 0. The first-order chi connectivity index (χ1) is 9.88. The predicted molar refractivity (Wildman–Crippen MR) is 86.1 cm³/mol. The molecule has 1 aromatic heterocycles. The molecule has 0 aliphatic rings. The highest BCUT2D eigenvalue weighted by Crippen LogP contribution is 2.47. The van der Waals surface area contributed by atoms with E-state index in [4.69, 9.17) is 34.8 Å². The van der Waals surface area contributed by atoms with Crippen LogP contribution in [0, 0.1) is 10.1 Å². The van der Waals surface area contributed by atoms with E-state index in [0.717, 1.165) is 0 Å². The van der Waals surface area contributed by atoms with Crippen LogP contribution >= 0.6 is 56.4 Å². The molecule has 0 saturated heterocycles. The van der Waals surface area contributed by atoms with Crippen LogP contribution in [-0.4, -0.2) is 14.9 Å². The van der Waals surface area contributed by atoms with Crippen molar-refractivity contribution in [3.63, 3.8) is 0 Å². The van der Waals surface area contributed by atoms with Crippen molar-refractivity contribution in [1.82, 2.24) is 9.97 Å². The summed E-state index contributed by atoms with van der Waals surface area (Å²) in [5.74, 6) is 0. The maximum Gasteiger partial charge on any atom is 0.269 e. The van der Waals surface area contributed by atoms with Crippen molar-refractivity contribution < 1.29 is 4.92 Å². The molecule has 0 radical (unpaired) electrons. The summed E-state index contributed by atoms with van der Waals surface area (Å²) in [5, 5.41) is 11.4. The zero-order chi connectivity index (χ0) is 15.5. The van der Waals surface area contributed by atoms with Crippen LogP contribution in [0.15, 0.2) is 46.7 Å². The lowest BCUT2D eigenvalue weighted by Gasteiger charge is -2.15. The van der Waals surface area contributed by atoms with E-state index in [1.165, 1.54) is 39.8 Å². The monoisotopic (exact) mass is 381 g/mol. The molecule has 0 aliphatic carbocycles. The van der Waals surface area contributed by atoms with E-state index in [0.29, 0.717) is 10.1 Å². The highest BCUT2D eigenvalue weighted by atomic mass is 35.6. The zero-order valence-electron chi connectivity index (χ0n) is 10.1. The van der Waals surface area contributed by atoms with Gasteiger partial charge in [0.1, 0.15) is 0 Å². The molecule has 1 heterocycles. The molecule has 0 spiro atoms. The fraction of sp³-hybridized carbons (Fsp3) is 0.0909. The van der Waals surface area contributed by atoms with E-state index in [1.54, 1.807) is 18.5 Å². The molecule has 0 bridgehead atoms. The molecule has 21 heavy (non-hydrogen) atoms. The number of hydrogen-bond acceptors (Lipinski definition) is 6. The molecule has 2 aromatic rings. The van der Waals surface area contributed by atoms with Crippen LogP contribution in [-0.2, 0) is 3.79 Å². The van der Waals surface area contributed by atoms with Crippen LogP contribution in [0.25, 0.3) is 0 Å². The van der Waals surface area contributed by atoms with Crippen LogP contribution in [0.1, 0.15) is 5.56 Å². The first-order valence-corrected chi connectivity index (χ1v) is 8.63. The quantitative estimate of drug-likeness (QED) is 0.243. The average Bonchev–Trinajstić information content (AvgIpc) is 2.45. The van der Waals surface area contributed by atoms with Crippen LogP contribution in [0.2, 0.25) is 0 Å². The van der Waals surface area contributed by atoms with Crippen LogP contribution in [0.3, 0.4) is 0 Å². The van der Waals surface area contributed by atoms with Crippen LogP contribution in [0.5, 0.6) is 0 Å². The fourth-order valence-corrected chi connectivity index (χ4v) is 3.96. The minimum Gasteiger partial charge on any atom is -0.258 e. The van der Waals surface area contributed by atoms with Gasteiger partial charge in [-0.1, -0.05) is 34.8 Å². The molecule has 0 atom stereocenters. The summed E-state index contributed by atoms with van der Waals surface area (Å²) < 4.78 is -1.76. The SMILES string of the molecule is O=[N+]([O-])c1ccc(SSc2ncccn2)c(C(Cl)(Cl)Cl)c1. The van der Waals surface area contributed by atoms with Gasteiger partial charge in [-0.25, -0.2) is 9.97 Å². The summed E-state index contributed by atoms with van der Waals surface area (Å²) in [6, 6.07) is 5.85. The van der Waals surface area contributed by atoms with Crippen molar-refractivity contribution in [2.75, 3.05) is 0 Å². The first kappa shape index (κ1) is 16.6. The second-order valence-corrected chi connectivity index (χ2v) is 8.05. The largest absolute Gasteiger partial charge is 0.269 e. The number of nitro groups is 1. The molecule has 5 nitrogen and oxygen atoms in total. The molecule has 0 N–H and O–H groups in total. The number of aromatic nitrogens is 2. The Kier molecular flexibility index (Phi) is 5.56. The second kappa shape index (κ2) is 7.02. The van der Waals surface area contributed by atoms with Crippen molar-refractivity contribution in [3.05, 3.63) is 52.3 Å². The Hall–Kier alpha value is -0.730. The van der Waals surface area contributed by atoms with Gasteiger partial charge in [0.2, 0.25) is 3.79 Å². The Morgan fingerprint density at radius 1 is 1.14 bits per heavy atom. The number of non-ortho nitro benzene ring substituents is 1. The maximum atomic E-state index is 10.8. The van der Waals surface area contributed by atoms with E-state index >= 15 is 0 Å². The number of nitro benzene ring substituents is 1. The Balaban J connectivity index is 2.28. The summed E-state index contributed by atoms with van der Waals surface area (Å²) in [7, 11) is 2.53. The first-order valence-electron chi connectivity index (χ1n) is 5.35. The Bertz CT molecular complexity index is 653. The summed E-state index contributed by atoms with van der Waals surface area (Å²) >= 11 is 17.6. The molecule has 1 aromatic carbocycles. The van der Waals surface area contributed by atoms with Gasteiger partial charge in [0.25, 0.3) is 5.69 Å². The van der Waals surface area contributed by atoms with Gasteiger partial charge in [-0.05, 0) is 33.7 Å². The van der Waals surface area contributed by atoms with E-state index in [9.17, 15) is 10.1 Å². The number of nitrogens with zero attached hydrogens (tertiary/aromatic N) is 3. The summed E-state index contributed by atoms with van der Waals surface area (Å²) in [5.41, 5.74) is 0.108. The van der Waals surface area contributed by atoms with Gasteiger partial charge in [0, 0.05) is 35.0 Å². The molecule has 10 heteroatoms. The smallest absolute Gasteiger partial charge is 0.258 e. The van der Waals surface area contributed by atoms with Gasteiger partial charge in [0.05, 0.1) is 4.92 Å². The molecule has 0 saturated carbocycles. The number of rotatable bonds is 4. The van der Waals surface area contributed by atoms with E-state index in [-0.39, 0.29) is 11.3 Å². The summed E-state index contributed by atoms with van der Waals surface area (Å²) in [6.07, 6.45) is 3.23. The maximum absolute atomic E-state index is 10.8. The highest BCUT2D eigenvalue weighted by molar-refractivity contribution is 8.76. The third-order valence-corrected chi connectivity index (χ3v) is 5.05. The average molecular weight is 383 g/mol. The summed E-state index contributed by atoms with van der Waals surface area (Å²) in [4.78, 5) is 19.0. The molecule has 0 amide bonds. The van der Waals surface area contributed by atoms with Gasteiger partial charge in [-0.2, -0.15) is 0 Å². The van der Waals surface area contributed by atoms with Gasteiger partial charge in [-0.3, -0.25) is 10.1 Å². The fourth-order valence-electron chi connectivity index (χ4n) is 1.34. The lowest BCUT2D eigenvalue weighted by Crippen LogP contribution is -2.03. The van der Waals surface area contributed by atoms with Crippen molar-refractivity contribution >= 4 is 62.1 Å².